The number of halogens is 3. The molecule has 2 N–H and O–H groups in total. The molecule has 6 nitrogen and oxygen atoms in total. The molecule has 1 aromatic carbocycles. The zero-order valence-corrected chi connectivity index (χ0v) is 20.9. The Morgan fingerprint density at radius 3 is 2.64 bits per heavy atom. The summed E-state index contributed by atoms with van der Waals surface area (Å²) in [5.74, 6) is -0.00941. The van der Waals surface area contributed by atoms with Crippen LogP contribution in [0.1, 0.15) is 77.2 Å². The second kappa shape index (κ2) is 10.4. The molecule has 1 atom stereocenters. The number of rotatable bonds is 8. The van der Waals surface area contributed by atoms with Crippen molar-refractivity contribution in [2.45, 2.75) is 82.6 Å². The van der Waals surface area contributed by atoms with Crippen LogP contribution in [0.15, 0.2) is 24.4 Å². The quantitative estimate of drug-likeness (QED) is 0.510. The summed E-state index contributed by atoms with van der Waals surface area (Å²) in [4.78, 5) is 32.6. The number of hydrogen-bond acceptors (Lipinski definition) is 5. The topological polar surface area (TPSA) is 74.3 Å². The minimum Gasteiger partial charge on any atom is -0.364 e. The third-order valence-electron chi connectivity index (χ3n) is 7.35. The van der Waals surface area contributed by atoms with Gasteiger partial charge < -0.3 is 15.5 Å². The summed E-state index contributed by atoms with van der Waals surface area (Å²) < 4.78 is 39.5. The van der Waals surface area contributed by atoms with Crippen molar-refractivity contribution >= 4 is 28.8 Å². The molecule has 5 rings (SSSR count). The first-order valence-corrected chi connectivity index (χ1v) is 13.6. The molecule has 0 saturated heterocycles. The molecule has 3 aliphatic rings. The maximum Gasteiger partial charge on any atom is 0.416 e. The number of amides is 2. The van der Waals surface area contributed by atoms with E-state index in [0.717, 1.165) is 50.2 Å². The zero-order chi connectivity index (χ0) is 25.3. The molecule has 2 heterocycles. The van der Waals surface area contributed by atoms with Crippen LogP contribution < -0.4 is 15.5 Å². The van der Waals surface area contributed by atoms with Crippen molar-refractivity contribution in [1.82, 2.24) is 15.6 Å². The second-order valence-corrected chi connectivity index (χ2v) is 11.3. The molecule has 2 amide bonds. The van der Waals surface area contributed by atoms with Gasteiger partial charge in [-0.2, -0.15) is 13.2 Å². The van der Waals surface area contributed by atoms with E-state index in [1.807, 2.05) is 4.90 Å². The van der Waals surface area contributed by atoms with E-state index in [1.54, 1.807) is 0 Å². The average molecular weight is 521 g/mol. The van der Waals surface area contributed by atoms with Gasteiger partial charge in [0.2, 0.25) is 5.91 Å². The van der Waals surface area contributed by atoms with Crippen molar-refractivity contribution in [3.05, 3.63) is 45.4 Å². The highest BCUT2D eigenvalue weighted by molar-refractivity contribution is 7.13. The summed E-state index contributed by atoms with van der Waals surface area (Å²) in [6.07, 6.45) is 6.11. The van der Waals surface area contributed by atoms with Crippen molar-refractivity contribution in [2.24, 2.45) is 5.92 Å². The standard InChI is InChI=1S/C26H31F3N4O2S/c27-26(28,29)18-7-6-17-10-11-33(21(17)13-18)15-23-30-14-22(36-23)25(35)32-20(24(34)31-19-8-9-19)12-16-4-2-1-3-5-16/h6-7,13-14,16,19-20H,1-5,8-12,15H2,(H,31,34)(H,32,35). The Morgan fingerprint density at radius 2 is 1.92 bits per heavy atom. The Balaban J connectivity index is 1.24. The predicted molar refractivity (Wildman–Crippen MR) is 132 cm³/mol. The van der Waals surface area contributed by atoms with E-state index >= 15 is 0 Å². The molecule has 10 heteroatoms. The molecule has 1 unspecified atom stereocenters. The zero-order valence-electron chi connectivity index (χ0n) is 20.1. The van der Waals surface area contributed by atoms with Crippen LogP contribution in [0.2, 0.25) is 0 Å². The van der Waals surface area contributed by atoms with Crippen LogP contribution in [-0.2, 0) is 23.9 Å². The normalized spacial score (nSPS) is 19.1. The van der Waals surface area contributed by atoms with Crippen LogP contribution in [0.5, 0.6) is 0 Å². The fraction of sp³-hybridized carbons (Fsp3) is 0.577. The summed E-state index contributed by atoms with van der Waals surface area (Å²) >= 11 is 1.22. The fourth-order valence-electron chi connectivity index (χ4n) is 5.18. The Hall–Kier alpha value is -2.62. The van der Waals surface area contributed by atoms with Gasteiger partial charge in [0.05, 0.1) is 18.3 Å². The molecule has 0 bridgehead atoms. The third-order valence-corrected chi connectivity index (χ3v) is 8.33. The Kier molecular flexibility index (Phi) is 7.23. The monoisotopic (exact) mass is 520 g/mol. The molecular weight excluding hydrogens is 489 g/mol. The van der Waals surface area contributed by atoms with Gasteiger partial charge in [-0.15, -0.1) is 11.3 Å². The number of aromatic nitrogens is 1. The molecule has 2 fully saturated rings. The first-order chi connectivity index (χ1) is 17.3. The number of benzene rings is 1. The molecule has 2 aromatic rings. The summed E-state index contributed by atoms with van der Waals surface area (Å²) in [6.45, 7) is 0.933. The molecular formula is C26H31F3N4O2S. The lowest BCUT2D eigenvalue weighted by Gasteiger charge is -2.26. The van der Waals surface area contributed by atoms with Gasteiger partial charge in [-0.05, 0) is 49.3 Å². The number of fused-ring (bicyclic) bond motifs is 1. The number of alkyl halides is 3. The van der Waals surface area contributed by atoms with Gasteiger partial charge in [-0.3, -0.25) is 9.59 Å². The highest BCUT2D eigenvalue weighted by Gasteiger charge is 2.33. The lowest BCUT2D eigenvalue weighted by molar-refractivity contribution is -0.137. The molecule has 2 aliphatic carbocycles. The van der Waals surface area contributed by atoms with Crippen LogP contribution in [0.3, 0.4) is 0 Å². The predicted octanol–water partition coefficient (Wildman–Crippen LogP) is 5.07. The summed E-state index contributed by atoms with van der Waals surface area (Å²) in [5.41, 5.74) is 0.779. The minimum atomic E-state index is -4.39. The maximum absolute atomic E-state index is 13.2. The summed E-state index contributed by atoms with van der Waals surface area (Å²) in [7, 11) is 0. The number of hydrogen-bond donors (Lipinski definition) is 2. The van der Waals surface area contributed by atoms with E-state index in [9.17, 15) is 22.8 Å². The lowest BCUT2D eigenvalue weighted by Crippen LogP contribution is -2.48. The summed E-state index contributed by atoms with van der Waals surface area (Å²) in [5, 5.41) is 6.62. The highest BCUT2D eigenvalue weighted by Crippen LogP contribution is 2.37. The Morgan fingerprint density at radius 1 is 1.14 bits per heavy atom. The number of nitrogens with one attached hydrogen (secondary N) is 2. The smallest absolute Gasteiger partial charge is 0.364 e. The van der Waals surface area contributed by atoms with E-state index in [4.69, 9.17) is 0 Å². The summed E-state index contributed by atoms with van der Waals surface area (Å²) in [6, 6.07) is 3.50. The SMILES string of the molecule is O=C(NC(CC1CCCCC1)C(=O)NC1CC1)c1cnc(CN2CCc3ccc(C(F)(F)F)cc32)s1. The molecule has 0 spiro atoms. The van der Waals surface area contributed by atoms with Crippen LogP contribution in [0.25, 0.3) is 0 Å². The molecule has 1 aromatic heterocycles. The highest BCUT2D eigenvalue weighted by atomic mass is 32.1. The van der Waals surface area contributed by atoms with E-state index < -0.39 is 17.8 Å². The molecule has 36 heavy (non-hydrogen) atoms. The van der Waals surface area contributed by atoms with E-state index in [2.05, 4.69) is 15.6 Å². The molecule has 2 saturated carbocycles. The maximum atomic E-state index is 13.2. The fourth-order valence-corrected chi connectivity index (χ4v) is 6.02. The van der Waals surface area contributed by atoms with Gasteiger partial charge in [-0.25, -0.2) is 4.98 Å². The Bertz CT molecular complexity index is 1110. The van der Waals surface area contributed by atoms with Crippen molar-refractivity contribution in [1.29, 1.82) is 0 Å². The number of carbonyl (C=O) groups excluding carboxylic acids is 2. The number of thiazole rings is 1. The van der Waals surface area contributed by atoms with Gasteiger partial charge >= 0.3 is 6.18 Å². The minimum absolute atomic E-state index is 0.115. The lowest BCUT2D eigenvalue weighted by atomic mass is 9.84. The number of anilines is 1. The van der Waals surface area contributed by atoms with E-state index in [-0.39, 0.29) is 17.9 Å². The van der Waals surface area contributed by atoms with E-state index in [1.165, 1.54) is 36.1 Å². The molecule has 194 valence electrons. The van der Waals surface area contributed by atoms with Crippen LogP contribution in [-0.4, -0.2) is 35.4 Å². The first-order valence-electron chi connectivity index (χ1n) is 12.8. The average Bonchev–Trinajstić information content (AvgIpc) is 3.38. The van der Waals surface area contributed by atoms with Crippen LogP contribution in [0, 0.1) is 5.92 Å². The van der Waals surface area contributed by atoms with Crippen molar-refractivity contribution in [3.8, 4) is 0 Å². The van der Waals surface area contributed by atoms with Gasteiger partial charge in [0.15, 0.2) is 0 Å². The van der Waals surface area contributed by atoms with Crippen LogP contribution >= 0.6 is 11.3 Å². The largest absolute Gasteiger partial charge is 0.416 e. The Labute approximate surface area is 212 Å². The van der Waals surface area contributed by atoms with Gasteiger partial charge in [0.25, 0.3) is 5.91 Å². The van der Waals surface area contributed by atoms with Gasteiger partial charge in [-0.1, -0.05) is 38.2 Å². The van der Waals surface area contributed by atoms with Crippen molar-refractivity contribution in [2.75, 3.05) is 11.4 Å². The number of carbonyl (C=O) groups is 2. The van der Waals surface area contributed by atoms with E-state index in [0.29, 0.717) is 47.4 Å². The number of nitrogens with zero attached hydrogens (tertiary/aromatic N) is 2. The second-order valence-electron chi connectivity index (χ2n) is 10.2. The first kappa shape index (κ1) is 25.0. The van der Waals surface area contributed by atoms with Gasteiger partial charge in [0.1, 0.15) is 15.9 Å². The third kappa shape index (κ3) is 6.02. The van der Waals surface area contributed by atoms with Crippen molar-refractivity contribution < 1.29 is 22.8 Å². The van der Waals surface area contributed by atoms with Gasteiger partial charge in [0, 0.05) is 18.3 Å². The molecule has 1 aliphatic heterocycles. The van der Waals surface area contributed by atoms with Crippen molar-refractivity contribution in [3.63, 3.8) is 0 Å². The molecule has 0 radical (unpaired) electrons. The van der Waals surface area contributed by atoms with Crippen LogP contribution in [0.4, 0.5) is 18.9 Å².